The Balaban J connectivity index is 2.26. The minimum atomic E-state index is -0.279. The van der Waals surface area contributed by atoms with E-state index in [1.165, 1.54) is 25.7 Å². The van der Waals surface area contributed by atoms with Crippen molar-refractivity contribution >= 4 is 0 Å². The summed E-state index contributed by atoms with van der Waals surface area (Å²) in [7, 11) is 0. The van der Waals surface area contributed by atoms with Crippen molar-refractivity contribution in [3.63, 3.8) is 0 Å². The lowest BCUT2D eigenvalue weighted by Crippen LogP contribution is -2.50. The molecule has 1 unspecified atom stereocenters. The molecule has 0 amide bonds. The Morgan fingerprint density at radius 3 is 2.47 bits per heavy atom. The van der Waals surface area contributed by atoms with Gasteiger partial charge in [0.15, 0.2) is 0 Å². The zero-order valence-electron chi connectivity index (χ0n) is 11.7. The van der Waals surface area contributed by atoms with Gasteiger partial charge in [-0.2, -0.15) is 0 Å². The lowest BCUT2D eigenvalue weighted by molar-refractivity contribution is -0.0240. The number of hydrogen-bond donors (Lipinski definition) is 2. The Hall–Kier alpha value is -0.120. The molecule has 0 spiro atoms. The topological polar surface area (TPSA) is 41.5 Å². The molecule has 0 aromatic carbocycles. The van der Waals surface area contributed by atoms with Gasteiger partial charge in [0.1, 0.15) is 0 Å². The van der Waals surface area contributed by atoms with Crippen LogP contribution in [0, 0.1) is 5.92 Å². The largest absolute Gasteiger partial charge is 0.394 e. The maximum atomic E-state index is 9.44. The minimum Gasteiger partial charge on any atom is -0.394 e. The molecule has 0 aromatic rings. The van der Waals surface area contributed by atoms with Crippen LogP contribution >= 0.6 is 0 Å². The van der Waals surface area contributed by atoms with Crippen molar-refractivity contribution < 1.29 is 9.84 Å². The van der Waals surface area contributed by atoms with E-state index >= 15 is 0 Å². The van der Waals surface area contributed by atoms with Gasteiger partial charge in [0.05, 0.1) is 24.9 Å². The maximum Gasteiger partial charge on any atom is 0.0671 e. The average Bonchev–Trinajstić information content (AvgIpc) is 2.36. The molecule has 0 heterocycles. The van der Waals surface area contributed by atoms with E-state index in [1.807, 2.05) is 6.92 Å². The van der Waals surface area contributed by atoms with Gasteiger partial charge in [0, 0.05) is 0 Å². The highest BCUT2D eigenvalue weighted by Gasteiger charge is 2.26. The van der Waals surface area contributed by atoms with E-state index < -0.39 is 0 Å². The van der Waals surface area contributed by atoms with Crippen molar-refractivity contribution in [3.05, 3.63) is 0 Å². The van der Waals surface area contributed by atoms with Crippen LogP contribution in [0.2, 0.25) is 0 Å². The smallest absolute Gasteiger partial charge is 0.0671 e. The van der Waals surface area contributed by atoms with Gasteiger partial charge < -0.3 is 15.2 Å². The number of hydrogen-bond acceptors (Lipinski definition) is 3. The fourth-order valence-corrected chi connectivity index (χ4v) is 2.28. The average molecular weight is 243 g/mol. The second-order valence-corrected chi connectivity index (χ2v) is 5.84. The first-order valence-electron chi connectivity index (χ1n) is 7.07. The Kier molecular flexibility index (Phi) is 6.45. The molecule has 102 valence electrons. The number of aliphatic hydroxyl groups is 1. The lowest BCUT2D eigenvalue weighted by atomic mass is 9.89. The second-order valence-electron chi connectivity index (χ2n) is 5.84. The van der Waals surface area contributed by atoms with Crippen LogP contribution in [-0.2, 0) is 4.74 Å². The fourth-order valence-electron chi connectivity index (χ4n) is 2.28. The minimum absolute atomic E-state index is 0.135. The van der Waals surface area contributed by atoms with Crippen LogP contribution in [0.15, 0.2) is 0 Å². The zero-order chi connectivity index (χ0) is 12.7. The normalized spacial score (nSPS) is 28.9. The summed E-state index contributed by atoms with van der Waals surface area (Å²) < 4.78 is 5.96. The third kappa shape index (κ3) is 5.36. The first-order valence-corrected chi connectivity index (χ1v) is 7.07. The third-order valence-electron chi connectivity index (χ3n) is 3.75. The Morgan fingerprint density at radius 2 is 1.94 bits per heavy atom. The van der Waals surface area contributed by atoms with Gasteiger partial charge in [-0.25, -0.2) is 0 Å². The van der Waals surface area contributed by atoms with E-state index in [2.05, 4.69) is 19.2 Å². The highest BCUT2D eigenvalue weighted by Crippen LogP contribution is 2.26. The van der Waals surface area contributed by atoms with Crippen LogP contribution in [0.4, 0.5) is 0 Å². The number of aliphatic hydroxyl groups excluding tert-OH is 1. The Bertz CT molecular complexity index is 202. The molecule has 0 radical (unpaired) electrons. The molecule has 17 heavy (non-hydrogen) atoms. The fraction of sp³-hybridized carbons (Fsp3) is 1.00. The highest BCUT2D eigenvalue weighted by atomic mass is 16.5. The molecule has 3 heteroatoms. The van der Waals surface area contributed by atoms with Gasteiger partial charge in [-0.1, -0.05) is 13.8 Å². The molecule has 1 aliphatic rings. The Morgan fingerprint density at radius 1 is 1.29 bits per heavy atom. The molecule has 1 atom stereocenters. The van der Waals surface area contributed by atoms with E-state index in [0.29, 0.717) is 12.7 Å². The summed E-state index contributed by atoms with van der Waals surface area (Å²) >= 11 is 0. The molecule has 0 bridgehead atoms. The van der Waals surface area contributed by atoms with Crippen LogP contribution in [0.3, 0.4) is 0 Å². The molecular weight excluding hydrogens is 214 g/mol. The zero-order valence-corrected chi connectivity index (χ0v) is 11.7. The summed E-state index contributed by atoms with van der Waals surface area (Å²) in [5.41, 5.74) is -0.279. The van der Waals surface area contributed by atoms with Gasteiger partial charge in [-0.3, -0.25) is 0 Å². The molecule has 2 N–H and O–H groups in total. The predicted octanol–water partition coefficient (Wildman–Crippen LogP) is 2.33. The van der Waals surface area contributed by atoms with Crippen LogP contribution in [-0.4, -0.2) is 36.5 Å². The van der Waals surface area contributed by atoms with Gasteiger partial charge in [0.25, 0.3) is 0 Å². The third-order valence-corrected chi connectivity index (χ3v) is 3.75. The summed E-state index contributed by atoms with van der Waals surface area (Å²) in [6, 6.07) is 0. The van der Waals surface area contributed by atoms with Crippen LogP contribution < -0.4 is 5.32 Å². The predicted molar refractivity (Wildman–Crippen MR) is 71.2 cm³/mol. The first kappa shape index (κ1) is 14.9. The monoisotopic (exact) mass is 243 g/mol. The van der Waals surface area contributed by atoms with Crippen molar-refractivity contribution in [2.24, 2.45) is 5.92 Å². The summed E-state index contributed by atoms with van der Waals surface area (Å²) in [5, 5.41) is 12.8. The van der Waals surface area contributed by atoms with E-state index in [-0.39, 0.29) is 12.1 Å². The summed E-state index contributed by atoms with van der Waals surface area (Å²) in [6.07, 6.45) is 6.40. The van der Waals surface area contributed by atoms with E-state index in [4.69, 9.17) is 4.74 Å². The van der Waals surface area contributed by atoms with Crippen LogP contribution in [0.25, 0.3) is 0 Å². The van der Waals surface area contributed by atoms with Crippen LogP contribution in [0.1, 0.15) is 52.9 Å². The van der Waals surface area contributed by atoms with Crippen molar-refractivity contribution in [1.82, 2.24) is 5.32 Å². The molecule has 1 saturated carbocycles. The van der Waals surface area contributed by atoms with Crippen molar-refractivity contribution in [2.75, 3.05) is 19.8 Å². The lowest BCUT2D eigenvalue weighted by Gasteiger charge is -2.33. The quantitative estimate of drug-likeness (QED) is 0.721. The van der Waals surface area contributed by atoms with Gasteiger partial charge >= 0.3 is 0 Å². The van der Waals surface area contributed by atoms with Crippen molar-refractivity contribution in [1.29, 1.82) is 0 Å². The summed E-state index contributed by atoms with van der Waals surface area (Å²) in [5.74, 6) is 0.859. The highest BCUT2D eigenvalue weighted by molar-refractivity contribution is 4.83. The molecule has 3 nitrogen and oxygen atoms in total. The number of rotatable bonds is 7. The molecule has 0 saturated heterocycles. The van der Waals surface area contributed by atoms with Crippen molar-refractivity contribution in [2.45, 2.75) is 64.5 Å². The molecule has 0 aromatic heterocycles. The van der Waals surface area contributed by atoms with Gasteiger partial charge in [-0.05, 0) is 51.5 Å². The molecular formula is C14H29NO2. The molecule has 1 rings (SSSR count). The summed E-state index contributed by atoms with van der Waals surface area (Å²) in [4.78, 5) is 0. The standard InChI is InChI=1S/C14H29NO2/c1-4-9-15-14(3,10-16)11-17-13-7-5-12(2)6-8-13/h12-13,15-16H,4-11H2,1-3H3. The summed E-state index contributed by atoms with van der Waals surface area (Å²) in [6.45, 7) is 8.17. The van der Waals surface area contributed by atoms with E-state index in [1.54, 1.807) is 0 Å². The van der Waals surface area contributed by atoms with E-state index in [0.717, 1.165) is 18.9 Å². The van der Waals surface area contributed by atoms with Crippen LogP contribution in [0.5, 0.6) is 0 Å². The first-order chi connectivity index (χ1) is 8.09. The van der Waals surface area contributed by atoms with Gasteiger partial charge in [0.2, 0.25) is 0 Å². The molecule has 1 fully saturated rings. The maximum absolute atomic E-state index is 9.44. The second kappa shape index (κ2) is 7.34. The SMILES string of the molecule is CCCNC(C)(CO)COC1CCC(C)CC1. The number of ether oxygens (including phenoxy) is 1. The molecule has 0 aliphatic heterocycles. The molecule has 1 aliphatic carbocycles. The van der Waals surface area contributed by atoms with E-state index in [9.17, 15) is 5.11 Å². The van der Waals surface area contributed by atoms with Crippen molar-refractivity contribution in [3.8, 4) is 0 Å². The number of nitrogens with one attached hydrogen (secondary N) is 1. The Labute approximate surface area is 106 Å². The van der Waals surface area contributed by atoms with Gasteiger partial charge in [-0.15, -0.1) is 0 Å².